The molecule has 0 fully saturated rings. The molecule has 0 heterocycles. The molecule has 0 aromatic heterocycles. The van der Waals surface area contributed by atoms with E-state index in [0.29, 0.717) is 6.54 Å². The van der Waals surface area contributed by atoms with E-state index in [9.17, 15) is 0 Å². The van der Waals surface area contributed by atoms with Crippen molar-refractivity contribution in [2.45, 2.75) is 45.4 Å². The average Bonchev–Trinajstić information content (AvgIpc) is 2.03. The highest BCUT2D eigenvalue weighted by atomic mass is 14.5. The summed E-state index contributed by atoms with van der Waals surface area (Å²) in [6, 6.07) is 0. The summed E-state index contributed by atoms with van der Waals surface area (Å²) in [5, 5.41) is 0. The minimum absolute atomic E-state index is 0.518. The first kappa shape index (κ1) is 10.5. The first-order chi connectivity index (χ1) is 5.41. The predicted octanol–water partition coefficient (Wildman–Crippen LogP) is 2.63. The van der Waals surface area contributed by atoms with E-state index in [1.807, 2.05) is 0 Å². The van der Waals surface area contributed by atoms with Crippen LogP contribution in [0.15, 0.2) is 0 Å². The molecule has 0 bridgehead atoms. The molecular formula is C10H18N. The van der Waals surface area contributed by atoms with Crippen molar-refractivity contribution < 1.29 is 0 Å². The summed E-state index contributed by atoms with van der Waals surface area (Å²) in [7, 11) is 0. The Bertz CT molecular complexity index is 119. The summed E-state index contributed by atoms with van der Waals surface area (Å²) in [5.41, 5.74) is 6.88. The quantitative estimate of drug-likeness (QED) is 0.427. The molecule has 0 aliphatic rings. The highest BCUT2D eigenvalue weighted by Gasteiger charge is 1.80. The van der Waals surface area contributed by atoms with Gasteiger partial charge < -0.3 is 0 Å². The summed E-state index contributed by atoms with van der Waals surface area (Å²) in [6.45, 7) is 2.72. The summed E-state index contributed by atoms with van der Waals surface area (Å²) >= 11 is 0. The third-order valence-electron chi connectivity index (χ3n) is 1.51. The normalized spacial score (nSPS) is 8.91. The lowest BCUT2D eigenvalue weighted by molar-refractivity contribution is 0.736. The van der Waals surface area contributed by atoms with E-state index in [0.717, 1.165) is 19.3 Å². The molecule has 63 valence electrons. The summed E-state index contributed by atoms with van der Waals surface area (Å²) in [5.74, 6) is 6.20. The third kappa shape index (κ3) is 9.52. The second-order valence-corrected chi connectivity index (χ2v) is 2.66. The Balaban J connectivity index is 2.99. The fourth-order valence-corrected chi connectivity index (χ4v) is 0.817. The Morgan fingerprint density at radius 3 is 2.18 bits per heavy atom. The van der Waals surface area contributed by atoms with Gasteiger partial charge in [0, 0.05) is 19.4 Å². The van der Waals surface area contributed by atoms with Gasteiger partial charge in [-0.05, 0) is 12.8 Å². The smallest absolute Gasteiger partial charge is 0.0109 e. The molecule has 0 aliphatic heterocycles. The molecule has 0 aliphatic carbocycles. The molecule has 1 heteroatoms. The van der Waals surface area contributed by atoms with Crippen LogP contribution >= 0.6 is 0 Å². The van der Waals surface area contributed by atoms with Crippen LogP contribution in [0.4, 0.5) is 0 Å². The Morgan fingerprint density at radius 2 is 1.64 bits per heavy atom. The third-order valence-corrected chi connectivity index (χ3v) is 1.51. The minimum atomic E-state index is 0.518. The SMILES string of the molecule is CCCCCC#CCCC[NH]. The molecule has 0 aromatic carbocycles. The maximum atomic E-state index is 6.88. The molecule has 0 rings (SSSR count). The van der Waals surface area contributed by atoms with E-state index in [4.69, 9.17) is 5.73 Å². The Hall–Kier alpha value is -0.480. The van der Waals surface area contributed by atoms with E-state index in [-0.39, 0.29) is 0 Å². The van der Waals surface area contributed by atoms with E-state index < -0.39 is 0 Å². The molecule has 1 N–H and O–H groups in total. The van der Waals surface area contributed by atoms with Gasteiger partial charge in [0.15, 0.2) is 0 Å². The van der Waals surface area contributed by atoms with Crippen LogP contribution in [0.2, 0.25) is 0 Å². The summed E-state index contributed by atoms with van der Waals surface area (Å²) in [6.07, 6.45) is 6.70. The van der Waals surface area contributed by atoms with Crippen LogP contribution in [-0.2, 0) is 0 Å². The van der Waals surface area contributed by atoms with Gasteiger partial charge in [-0.25, -0.2) is 0 Å². The maximum absolute atomic E-state index is 6.88. The molecule has 0 aromatic rings. The van der Waals surface area contributed by atoms with E-state index in [1.165, 1.54) is 19.3 Å². The van der Waals surface area contributed by atoms with Crippen molar-refractivity contribution in [1.82, 2.24) is 5.73 Å². The molecule has 1 nitrogen and oxygen atoms in total. The number of nitrogens with one attached hydrogen (secondary N) is 1. The topological polar surface area (TPSA) is 23.8 Å². The standard InChI is InChI=1S/C10H18N/c1-2-3-4-5-6-7-8-9-10-11/h11H,2-5,8-10H2,1H3. The Labute approximate surface area is 70.4 Å². The van der Waals surface area contributed by atoms with Crippen molar-refractivity contribution >= 4 is 0 Å². The highest BCUT2D eigenvalue weighted by molar-refractivity contribution is 4.98. The van der Waals surface area contributed by atoms with Crippen molar-refractivity contribution in [3.63, 3.8) is 0 Å². The van der Waals surface area contributed by atoms with Gasteiger partial charge in [0.05, 0.1) is 0 Å². The fourth-order valence-electron chi connectivity index (χ4n) is 0.817. The predicted molar refractivity (Wildman–Crippen MR) is 49.1 cm³/mol. The van der Waals surface area contributed by atoms with E-state index in [2.05, 4.69) is 18.8 Å². The lowest BCUT2D eigenvalue weighted by Gasteiger charge is -1.88. The number of hydrogen-bond acceptors (Lipinski definition) is 0. The fraction of sp³-hybridized carbons (Fsp3) is 0.800. The van der Waals surface area contributed by atoms with Crippen LogP contribution in [0, 0.1) is 11.8 Å². The zero-order valence-corrected chi connectivity index (χ0v) is 7.45. The van der Waals surface area contributed by atoms with Gasteiger partial charge in [0.1, 0.15) is 0 Å². The molecule has 11 heavy (non-hydrogen) atoms. The van der Waals surface area contributed by atoms with E-state index in [1.54, 1.807) is 0 Å². The van der Waals surface area contributed by atoms with Crippen LogP contribution in [0.3, 0.4) is 0 Å². The minimum Gasteiger partial charge on any atom is -0.258 e. The monoisotopic (exact) mass is 152 g/mol. The van der Waals surface area contributed by atoms with Gasteiger partial charge in [0.25, 0.3) is 0 Å². The largest absolute Gasteiger partial charge is 0.258 e. The highest BCUT2D eigenvalue weighted by Crippen LogP contribution is 1.96. The zero-order valence-electron chi connectivity index (χ0n) is 7.45. The molecule has 0 unspecified atom stereocenters. The average molecular weight is 152 g/mol. The Kier molecular flexibility index (Phi) is 9.10. The van der Waals surface area contributed by atoms with Crippen molar-refractivity contribution in [1.29, 1.82) is 0 Å². The van der Waals surface area contributed by atoms with Crippen LogP contribution < -0.4 is 5.73 Å². The first-order valence-corrected chi connectivity index (χ1v) is 4.52. The van der Waals surface area contributed by atoms with Crippen molar-refractivity contribution in [3.05, 3.63) is 0 Å². The molecule has 0 spiro atoms. The first-order valence-electron chi connectivity index (χ1n) is 4.52. The van der Waals surface area contributed by atoms with E-state index >= 15 is 0 Å². The second-order valence-electron chi connectivity index (χ2n) is 2.66. The van der Waals surface area contributed by atoms with Gasteiger partial charge in [-0.3, -0.25) is 5.73 Å². The number of rotatable bonds is 5. The maximum Gasteiger partial charge on any atom is 0.0109 e. The molecule has 0 saturated heterocycles. The number of hydrogen-bond donors (Lipinski definition) is 0. The second kappa shape index (κ2) is 9.52. The molecule has 1 radical (unpaired) electrons. The van der Waals surface area contributed by atoms with Crippen LogP contribution in [0.5, 0.6) is 0 Å². The van der Waals surface area contributed by atoms with Crippen molar-refractivity contribution in [2.24, 2.45) is 0 Å². The van der Waals surface area contributed by atoms with Gasteiger partial charge in [-0.2, -0.15) is 0 Å². The van der Waals surface area contributed by atoms with Crippen LogP contribution in [-0.4, -0.2) is 6.54 Å². The van der Waals surface area contributed by atoms with Gasteiger partial charge in [0.2, 0.25) is 0 Å². The molecule has 0 saturated carbocycles. The van der Waals surface area contributed by atoms with Crippen LogP contribution in [0.25, 0.3) is 0 Å². The molecule has 0 atom stereocenters. The summed E-state index contributed by atoms with van der Waals surface area (Å²) < 4.78 is 0. The van der Waals surface area contributed by atoms with Gasteiger partial charge in [-0.15, -0.1) is 11.8 Å². The van der Waals surface area contributed by atoms with Crippen molar-refractivity contribution in [2.75, 3.05) is 6.54 Å². The molecular weight excluding hydrogens is 134 g/mol. The summed E-state index contributed by atoms with van der Waals surface area (Å²) in [4.78, 5) is 0. The van der Waals surface area contributed by atoms with Gasteiger partial charge >= 0.3 is 0 Å². The molecule has 0 amide bonds. The zero-order chi connectivity index (χ0) is 8.36. The van der Waals surface area contributed by atoms with Crippen molar-refractivity contribution in [3.8, 4) is 11.8 Å². The van der Waals surface area contributed by atoms with Crippen LogP contribution in [0.1, 0.15) is 45.4 Å². The lowest BCUT2D eigenvalue weighted by Crippen LogP contribution is -1.81. The number of unbranched alkanes of at least 4 members (excludes halogenated alkanes) is 4. The lowest BCUT2D eigenvalue weighted by atomic mass is 10.2. The Morgan fingerprint density at radius 1 is 1.00 bits per heavy atom. The van der Waals surface area contributed by atoms with Gasteiger partial charge in [-0.1, -0.05) is 19.8 Å².